The minimum Gasteiger partial charge on any atom is -0.349 e. The van der Waals surface area contributed by atoms with Gasteiger partial charge in [0, 0.05) is 23.6 Å². The van der Waals surface area contributed by atoms with Crippen molar-refractivity contribution < 1.29 is 4.79 Å². The number of amides is 1. The zero-order valence-corrected chi connectivity index (χ0v) is 16.5. The van der Waals surface area contributed by atoms with Crippen LogP contribution in [0.3, 0.4) is 0 Å². The summed E-state index contributed by atoms with van der Waals surface area (Å²) < 4.78 is 2.22. The fraction of sp³-hybridized carbons (Fsp3) is 0.364. The van der Waals surface area contributed by atoms with Gasteiger partial charge in [-0.1, -0.05) is 24.6 Å². The molecule has 1 aromatic heterocycles. The van der Waals surface area contributed by atoms with Crippen molar-refractivity contribution in [2.45, 2.75) is 54.5 Å². The summed E-state index contributed by atoms with van der Waals surface area (Å²) in [6, 6.07) is 8.12. The first-order valence-electron chi connectivity index (χ1n) is 8.96. The second-order valence-electron chi connectivity index (χ2n) is 6.88. The molecule has 2 rings (SSSR count). The van der Waals surface area contributed by atoms with Crippen molar-refractivity contribution in [3.63, 3.8) is 0 Å². The molecule has 1 amide bonds. The minimum atomic E-state index is -0.372. The van der Waals surface area contributed by atoms with Crippen LogP contribution in [0.1, 0.15) is 47.0 Å². The number of rotatable bonds is 5. The molecule has 0 radical (unpaired) electrons. The number of benzene rings is 1. The Bertz CT molecular complexity index is 887. The van der Waals surface area contributed by atoms with Crippen LogP contribution in [0.25, 0.3) is 6.08 Å². The molecule has 1 heterocycles. The highest BCUT2D eigenvalue weighted by Gasteiger charge is 2.15. The van der Waals surface area contributed by atoms with Gasteiger partial charge in [-0.15, -0.1) is 0 Å². The van der Waals surface area contributed by atoms with Crippen molar-refractivity contribution in [3.8, 4) is 6.07 Å². The van der Waals surface area contributed by atoms with E-state index in [1.165, 1.54) is 0 Å². The summed E-state index contributed by atoms with van der Waals surface area (Å²) in [4.78, 5) is 12.7. The van der Waals surface area contributed by atoms with Crippen LogP contribution in [0.5, 0.6) is 0 Å². The molecule has 0 saturated carbocycles. The van der Waals surface area contributed by atoms with Gasteiger partial charge in [0.2, 0.25) is 0 Å². The molecule has 0 aliphatic carbocycles. The maximum absolute atomic E-state index is 12.7. The molecule has 136 valence electrons. The fourth-order valence-electron chi connectivity index (χ4n) is 3.40. The highest BCUT2D eigenvalue weighted by atomic mass is 16.1. The first-order chi connectivity index (χ1) is 12.3. The summed E-state index contributed by atoms with van der Waals surface area (Å²) in [5.74, 6) is -0.372. The summed E-state index contributed by atoms with van der Waals surface area (Å²) >= 11 is 0. The van der Waals surface area contributed by atoms with Crippen LogP contribution in [-0.4, -0.2) is 10.5 Å². The monoisotopic (exact) mass is 349 g/mol. The Morgan fingerprint density at radius 1 is 1.15 bits per heavy atom. The van der Waals surface area contributed by atoms with Crippen LogP contribution in [0, 0.1) is 45.9 Å². The predicted octanol–water partition coefficient (Wildman–Crippen LogP) is 4.99. The van der Waals surface area contributed by atoms with E-state index in [0.717, 1.165) is 52.3 Å². The standard InChI is InChI=1S/C22H27N3O/c1-7-8-25-17(5)11-19(18(25)6)12-20(13-23)22(26)24-21-15(3)9-14(2)10-16(21)4/h9-12H,7-8H2,1-6H3,(H,24,26)/b20-12+. The number of nitrogens with one attached hydrogen (secondary N) is 1. The molecule has 4 heteroatoms. The largest absolute Gasteiger partial charge is 0.349 e. The number of anilines is 1. The molecule has 0 aliphatic heterocycles. The third-order valence-corrected chi connectivity index (χ3v) is 4.64. The number of hydrogen-bond donors (Lipinski definition) is 1. The first kappa shape index (κ1) is 19.5. The van der Waals surface area contributed by atoms with E-state index in [9.17, 15) is 10.1 Å². The van der Waals surface area contributed by atoms with Gasteiger partial charge in [0.05, 0.1) is 0 Å². The minimum absolute atomic E-state index is 0.112. The summed E-state index contributed by atoms with van der Waals surface area (Å²) in [7, 11) is 0. The number of aromatic nitrogens is 1. The Morgan fingerprint density at radius 2 is 1.77 bits per heavy atom. The van der Waals surface area contributed by atoms with Gasteiger partial charge in [0.15, 0.2) is 0 Å². The van der Waals surface area contributed by atoms with E-state index in [1.54, 1.807) is 6.08 Å². The zero-order chi connectivity index (χ0) is 19.4. The lowest BCUT2D eigenvalue weighted by atomic mass is 10.0. The number of nitrogens with zero attached hydrogens (tertiary/aromatic N) is 2. The highest BCUT2D eigenvalue weighted by molar-refractivity contribution is 6.10. The van der Waals surface area contributed by atoms with E-state index >= 15 is 0 Å². The van der Waals surface area contributed by atoms with E-state index in [0.29, 0.717) is 0 Å². The molecule has 1 aromatic carbocycles. The second kappa shape index (κ2) is 8.05. The molecule has 0 unspecified atom stereocenters. The SMILES string of the molecule is CCCn1c(C)cc(/C=C(\C#N)C(=O)Nc2c(C)cc(C)cc2C)c1C. The van der Waals surface area contributed by atoms with Crippen LogP contribution in [-0.2, 0) is 11.3 Å². The van der Waals surface area contributed by atoms with E-state index in [2.05, 4.69) is 16.8 Å². The predicted molar refractivity (Wildman–Crippen MR) is 107 cm³/mol. The molecule has 0 atom stereocenters. The third-order valence-electron chi connectivity index (χ3n) is 4.64. The van der Waals surface area contributed by atoms with Gasteiger partial charge < -0.3 is 9.88 Å². The molecule has 0 bridgehead atoms. The Morgan fingerprint density at radius 3 is 2.31 bits per heavy atom. The first-order valence-corrected chi connectivity index (χ1v) is 8.96. The topological polar surface area (TPSA) is 57.8 Å². The molecule has 2 aromatic rings. The van der Waals surface area contributed by atoms with Gasteiger partial charge in [-0.05, 0) is 69.9 Å². The lowest BCUT2D eigenvalue weighted by molar-refractivity contribution is -0.112. The van der Waals surface area contributed by atoms with Gasteiger partial charge in [-0.2, -0.15) is 5.26 Å². The quantitative estimate of drug-likeness (QED) is 0.611. The maximum atomic E-state index is 12.7. The average molecular weight is 349 g/mol. The van der Waals surface area contributed by atoms with Gasteiger partial charge in [-0.25, -0.2) is 0 Å². The summed E-state index contributed by atoms with van der Waals surface area (Å²) in [6.45, 7) is 13.1. The van der Waals surface area contributed by atoms with E-state index < -0.39 is 0 Å². The zero-order valence-electron chi connectivity index (χ0n) is 16.5. The summed E-state index contributed by atoms with van der Waals surface area (Å²) in [5.41, 5.74) is 7.16. The van der Waals surface area contributed by atoms with Crippen molar-refractivity contribution in [2.75, 3.05) is 5.32 Å². The molecule has 1 N–H and O–H groups in total. The molecule has 0 spiro atoms. The van der Waals surface area contributed by atoms with Crippen molar-refractivity contribution >= 4 is 17.7 Å². The number of aryl methyl sites for hydroxylation is 4. The summed E-state index contributed by atoms with van der Waals surface area (Å²) in [5, 5.41) is 12.4. The maximum Gasteiger partial charge on any atom is 0.266 e. The number of carbonyl (C=O) groups excluding carboxylic acids is 1. The lowest BCUT2D eigenvalue weighted by Gasteiger charge is -2.12. The molecular weight excluding hydrogens is 322 g/mol. The summed E-state index contributed by atoms with van der Waals surface area (Å²) in [6.07, 6.45) is 2.72. The second-order valence-corrected chi connectivity index (χ2v) is 6.88. The molecule has 26 heavy (non-hydrogen) atoms. The van der Waals surface area contributed by atoms with Crippen LogP contribution in [0.4, 0.5) is 5.69 Å². The third kappa shape index (κ3) is 4.05. The normalized spacial score (nSPS) is 11.3. The average Bonchev–Trinajstić information content (AvgIpc) is 2.83. The molecule has 0 aliphatic rings. The smallest absolute Gasteiger partial charge is 0.266 e. The van der Waals surface area contributed by atoms with Gasteiger partial charge in [0.25, 0.3) is 5.91 Å². The number of nitriles is 1. The highest BCUT2D eigenvalue weighted by Crippen LogP contribution is 2.23. The van der Waals surface area contributed by atoms with E-state index in [4.69, 9.17) is 0 Å². The molecule has 0 saturated heterocycles. The van der Waals surface area contributed by atoms with Crippen molar-refractivity contribution in [3.05, 3.63) is 57.4 Å². The Labute approximate surface area is 156 Å². The van der Waals surface area contributed by atoms with Gasteiger partial charge in [-0.3, -0.25) is 4.79 Å². The van der Waals surface area contributed by atoms with E-state index in [-0.39, 0.29) is 11.5 Å². The Hall–Kier alpha value is -2.80. The lowest BCUT2D eigenvalue weighted by Crippen LogP contribution is -2.15. The van der Waals surface area contributed by atoms with Crippen LogP contribution >= 0.6 is 0 Å². The van der Waals surface area contributed by atoms with Crippen LogP contribution < -0.4 is 5.32 Å². The van der Waals surface area contributed by atoms with Crippen molar-refractivity contribution in [1.29, 1.82) is 5.26 Å². The Balaban J connectivity index is 2.35. The molecule has 4 nitrogen and oxygen atoms in total. The van der Waals surface area contributed by atoms with Crippen LogP contribution in [0.2, 0.25) is 0 Å². The number of carbonyl (C=O) groups is 1. The van der Waals surface area contributed by atoms with E-state index in [1.807, 2.05) is 58.9 Å². The Kier molecular flexibility index (Phi) is 6.05. The van der Waals surface area contributed by atoms with Gasteiger partial charge >= 0.3 is 0 Å². The van der Waals surface area contributed by atoms with Gasteiger partial charge in [0.1, 0.15) is 11.6 Å². The van der Waals surface area contributed by atoms with Crippen molar-refractivity contribution in [1.82, 2.24) is 4.57 Å². The fourth-order valence-corrected chi connectivity index (χ4v) is 3.40. The van der Waals surface area contributed by atoms with Crippen LogP contribution in [0.15, 0.2) is 23.8 Å². The molecular formula is C22H27N3O. The van der Waals surface area contributed by atoms with Crippen molar-refractivity contribution in [2.24, 2.45) is 0 Å². The number of hydrogen-bond acceptors (Lipinski definition) is 2. The molecule has 0 fully saturated rings.